The summed E-state index contributed by atoms with van der Waals surface area (Å²) >= 11 is 0. The number of fused-ring (bicyclic) bond motifs is 3. The summed E-state index contributed by atoms with van der Waals surface area (Å²) in [6.07, 6.45) is 3.65. The molecule has 1 aliphatic rings. The van der Waals surface area contributed by atoms with Gasteiger partial charge < -0.3 is 30.5 Å². The van der Waals surface area contributed by atoms with Crippen molar-refractivity contribution in [3.63, 3.8) is 0 Å². The van der Waals surface area contributed by atoms with Gasteiger partial charge >= 0.3 is 12.1 Å². The standard InChI is InChI=1S/C40H47N3O7/c1-4-6-21-36(43-40(48)50-26-35-33-19-12-10-17-31(33)32-18-11-13-20-34(32)35)39(47)49-25-30(22-28-15-8-7-9-16-28)42-38(46)29(14-5-2)23-37(45)41-27(3)24-44/h4-5,7-13,15-20,27,29-30,35-36,44H,1-2,6,14,21-26H2,3H3,(H,41,45)(H,42,46)(H,43,48)/t27-,29+,30+,36-/m0/s1. The van der Waals surface area contributed by atoms with Gasteiger partial charge in [0.25, 0.3) is 0 Å². The Morgan fingerprint density at radius 1 is 0.840 bits per heavy atom. The molecule has 10 heteroatoms. The average molecular weight is 682 g/mol. The number of nitrogens with one attached hydrogen (secondary N) is 3. The first kappa shape index (κ1) is 37.6. The van der Waals surface area contributed by atoms with E-state index in [1.54, 1.807) is 19.1 Å². The van der Waals surface area contributed by atoms with Crippen LogP contribution in [-0.2, 0) is 30.3 Å². The molecular weight excluding hydrogens is 634 g/mol. The van der Waals surface area contributed by atoms with Gasteiger partial charge in [0.2, 0.25) is 11.8 Å². The quantitative estimate of drug-likeness (QED) is 0.101. The Morgan fingerprint density at radius 3 is 2.10 bits per heavy atom. The number of hydrogen-bond acceptors (Lipinski definition) is 7. The summed E-state index contributed by atoms with van der Waals surface area (Å²) in [6, 6.07) is 23.4. The summed E-state index contributed by atoms with van der Waals surface area (Å²) in [6.45, 7) is 8.82. The fraction of sp³-hybridized carbons (Fsp3) is 0.350. The molecule has 10 nitrogen and oxygen atoms in total. The van der Waals surface area contributed by atoms with Crippen molar-refractivity contribution in [3.05, 3.63) is 121 Å². The fourth-order valence-electron chi connectivity index (χ4n) is 6.06. The fourth-order valence-corrected chi connectivity index (χ4v) is 6.06. The van der Waals surface area contributed by atoms with Crippen LogP contribution in [0.25, 0.3) is 11.1 Å². The van der Waals surface area contributed by atoms with Gasteiger partial charge in [0.15, 0.2) is 0 Å². The van der Waals surface area contributed by atoms with Gasteiger partial charge in [-0.25, -0.2) is 9.59 Å². The van der Waals surface area contributed by atoms with Crippen LogP contribution < -0.4 is 16.0 Å². The highest BCUT2D eigenvalue weighted by Gasteiger charge is 2.31. The Bertz CT molecular complexity index is 1580. The highest BCUT2D eigenvalue weighted by atomic mass is 16.6. The first-order chi connectivity index (χ1) is 24.2. The number of aliphatic hydroxyl groups is 1. The molecule has 0 fully saturated rings. The molecule has 0 aliphatic heterocycles. The smallest absolute Gasteiger partial charge is 0.407 e. The summed E-state index contributed by atoms with van der Waals surface area (Å²) in [5.74, 6) is -2.30. The summed E-state index contributed by atoms with van der Waals surface area (Å²) < 4.78 is 11.4. The van der Waals surface area contributed by atoms with Crippen LogP contribution in [0.5, 0.6) is 0 Å². The minimum atomic E-state index is -1.01. The van der Waals surface area contributed by atoms with E-state index in [9.17, 15) is 24.3 Å². The number of aliphatic hydroxyl groups excluding tert-OH is 1. The number of hydrogen-bond donors (Lipinski definition) is 4. The van der Waals surface area contributed by atoms with E-state index >= 15 is 0 Å². The van der Waals surface area contributed by atoms with Gasteiger partial charge in [0.05, 0.1) is 18.6 Å². The number of allylic oxidation sites excluding steroid dienone is 2. The number of alkyl carbamates (subject to hydrolysis) is 1. The van der Waals surface area contributed by atoms with E-state index in [1.807, 2.05) is 66.7 Å². The van der Waals surface area contributed by atoms with E-state index in [0.29, 0.717) is 12.8 Å². The lowest BCUT2D eigenvalue weighted by atomic mass is 9.98. The van der Waals surface area contributed by atoms with Crippen molar-refractivity contribution in [2.45, 2.75) is 63.1 Å². The second kappa shape index (κ2) is 19.1. The monoisotopic (exact) mass is 681 g/mol. The Labute approximate surface area is 294 Å². The molecule has 0 saturated heterocycles. The van der Waals surface area contributed by atoms with Crippen LogP contribution in [0.15, 0.2) is 104 Å². The largest absolute Gasteiger partial charge is 0.462 e. The van der Waals surface area contributed by atoms with Crippen molar-refractivity contribution >= 4 is 23.9 Å². The minimum Gasteiger partial charge on any atom is -0.462 e. The maximum absolute atomic E-state index is 13.4. The molecule has 3 amide bonds. The molecule has 50 heavy (non-hydrogen) atoms. The van der Waals surface area contributed by atoms with Gasteiger partial charge in [0, 0.05) is 18.4 Å². The lowest BCUT2D eigenvalue weighted by Gasteiger charge is -2.24. The zero-order chi connectivity index (χ0) is 35.9. The van der Waals surface area contributed by atoms with Crippen LogP contribution in [0, 0.1) is 5.92 Å². The van der Waals surface area contributed by atoms with Crippen molar-refractivity contribution in [3.8, 4) is 11.1 Å². The Hall–Kier alpha value is -5.22. The van der Waals surface area contributed by atoms with Crippen molar-refractivity contribution in [1.29, 1.82) is 0 Å². The van der Waals surface area contributed by atoms with Crippen LogP contribution in [0.2, 0.25) is 0 Å². The molecule has 0 heterocycles. The van der Waals surface area contributed by atoms with E-state index in [1.165, 1.54) is 0 Å². The van der Waals surface area contributed by atoms with E-state index < -0.39 is 42.0 Å². The van der Waals surface area contributed by atoms with Gasteiger partial charge in [-0.2, -0.15) is 0 Å². The molecule has 0 radical (unpaired) electrons. The molecule has 4 rings (SSSR count). The number of esters is 1. The molecule has 3 aromatic carbocycles. The molecule has 4 atom stereocenters. The van der Waals surface area contributed by atoms with Crippen molar-refractivity contribution in [2.75, 3.05) is 19.8 Å². The molecule has 1 aliphatic carbocycles. The maximum Gasteiger partial charge on any atom is 0.407 e. The molecule has 4 N–H and O–H groups in total. The lowest BCUT2D eigenvalue weighted by Crippen LogP contribution is -2.47. The van der Waals surface area contributed by atoms with Crippen LogP contribution in [-0.4, -0.2) is 66.9 Å². The second-order valence-electron chi connectivity index (χ2n) is 12.5. The van der Waals surface area contributed by atoms with Crippen molar-refractivity contribution < 1.29 is 33.8 Å². The summed E-state index contributed by atoms with van der Waals surface area (Å²) in [5, 5.41) is 17.6. The molecule has 0 spiro atoms. The van der Waals surface area contributed by atoms with Crippen molar-refractivity contribution in [1.82, 2.24) is 16.0 Å². The zero-order valence-corrected chi connectivity index (χ0v) is 28.5. The SMILES string of the molecule is C=CCC[C@H](NC(=O)OCC1c2ccccc2-c2ccccc21)C(=O)OC[C@@H](Cc1ccccc1)NC(=O)[C@H](CC=C)CC(=O)N[C@@H](C)CO. The summed E-state index contributed by atoms with van der Waals surface area (Å²) in [7, 11) is 0. The predicted octanol–water partition coefficient (Wildman–Crippen LogP) is 5.21. The first-order valence-corrected chi connectivity index (χ1v) is 17.0. The van der Waals surface area contributed by atoms with E-state index in [0.717, 1.165) is 27.8 Å². The molecule has 3 aromatic rings. The summed E-state index contributed by atoms with van der Waals surface area (Å²) in [4.78, 5) is 52.4. The normalized spacial score (nSPS) is 14.1. The maximum atomic E-state index is 13.4. The topological polar surface area (TPSA) is 143 Å². The van der Waals surface area contributed by atoms with E-state index in [2.05, 4.69) is 41.2 Å². The number of ether oxygens (including phenoxy) is 2. The van der Waals surface area contributed by atoms with Crippen LogP contribution in [0.3, 0.4) is 0 Å². The van der Waals surface area contributed by atoms with Crippen LogP contribution in [0.4, 0.5) is 4.79 Å². The number of carbonyl (C=O) groups is 4. The molecule has 0 saturated carbocycles. The van der Waals surface area contributed by atoms with E-state index in [-0.39, 0.29) is 50.9 Å². The molecule has 0 aromatic heterocycles. The highest BCUT2D eigenvalue weighted by molar-refractivity contribution is 5.86. The first-order valence-electron chi connectivity index (χ1n) is 17.0. The highest BCUT2D eigenvalue weighted by Crippen LogP contribution is 2.44. The molecule has 0 bridgehead atoms. The van der Waals surface area contributed by atoms with Gasteiger partial charge in [-0.1, -0.05) is 91.0 Å². The van der Waals surface area contributed by atoms with Gasteiger partial charge in [-0.15, -0.1) is 13.2 Å². The van der Waals surface area contributed by atoms with E-state index in [4.69, 9.17) is 9.47 Å². The molecular formula is C40H47N3O7. The zero-order valence-electron chi connectivity index (χ0n) is 28.5. The number of rotatable bonds is 19. The molecule has 0 unspecified atom stereocenters. The van der Waals surface area contributed by atoms with Crippen LogP contribution in [0.1, 0.15) is 55.2 Å². The Kier molecular flexibility index (Phi) is 14.4. The van der Waals surface area contributed by atoms with Gasteiger partial charge in [-0.05, 0) is 60.4 Å². The number of benzene rings is 3. The average Bonchev–Trinajstić information content (AvgIpc) is 3.44. The predicted molar refractivity (Wildman–Crippen MR) is 192 cm³/mol. The third kappa shape index (κ3) is 10.6. The lowest BCUT2D eigenvalue weighted by molar-refractivity contribution is -0.147. The van der Waals surface area contributed by atoms with Crippen molar-refractivity contribution in [2.24, 2.45) is 5.92 Å². The third-order valence-electron chi connectivity index (χ3n) is 8.61. The third-order valence-corrected chi connectivity index (χ3v) is 8.61. The summed E-state index contributed by atoms with van der Waals surface area (Å²) in [5.41, 5.74) is 5.27. The number of carbonyl (C=O) groups excluding carboxylic acids is 4. The Balaban J connectivity index is 1.39. The van der Waals surface area contributed by atoms with Gasteiger partial charge in [0.1, 0.15) is 19.3 Å². The Morgan fingerprint density at radius 2 is 1.48 bits per heavy atom. The number of amides is 3. The minimum absolute atomic E-state index is 0.0943. The molecule has 264 valence electrons. The second-order valence-corrected chi connectivity index (χ2v) is 12.5. The van der Waals surface area contributed by atoms with Crippen LogP contribution >= 0.6 is 0 Å². The van der Waals surface area contributed by atoms with Gasteiger partial charge in [-0.3, -0.25) is 9.59 Å².